The summed E-state index contributed by atoms with van der Waals surface area (Å²) in [6.45, 7) is 1.18. The number of hydrogen-bond acceptors (Lipinski definition) is 2. The van der Waals surface area contributed by atoms with Gasteiger partial charge in [-0.2, -0.15) is 13.2 Å². The predicted molar refractivity (Wildman–Crippen MR) is 99.2 cm³/mol. The predicted octanol–water partition coefficient (Wildman–Crippen LogP) is 3.07. The van der Waals surface area contributed by atoms with Gasteiger partial charge < -0.3 is 16.0 Å². The van der Waals surface area contributed by atoms with Crippen molar-refractivity contribution in [1.82, 2.24) is 16.0 Å². The number of guanidine groups is 1. The van der Waals surface area contributed by atoms with Gasteiger partial charge in [0, 0.05) is 32.6 Å². The highest BCUT2D eigenvalue weighted by Crippen LogP contribution is 2.29. The van der Waals surface area contributed by atoms with Gasteiger partial charge in [0.15, 0.2) is 5.96 Å². The summed E-state index contributed by atoms with van der Waals surface area (Å²) in [5.41, 5.74) is -0.159. The van der Waals surface area contributed by atoms with E-state index in [1.807, 2.05) is 0 Å². The number of benzene rings is 1. The first-order valence-electron chi connectivity index (χ1n) is 9.28. The van der Waals surface area contributed by atoms with Gasteiger partial charge in [0.25, 0.3) is 0 Å². The summed E-state index contributed by atoms with van der Waals surface area (Å²) in [7, 11) is 1.59. The van der Waals surface area contributed by atoms with Crippen LogP contribution in [0.3, 0.4) is 0 Å². The van der Waals surface area contributed by atoms with Crippen LogP contribution >= 0.6 is 0 Å². The van der Waals surface area contributed by atoms with Crippen LogP contribution < -0.4 is 16.0 Å². The molecule has 1 aliphatic carbocycles. The van der Waals surface area contributed by atoms with Crippen LogP contribution in [0, 0.1) is 5.92 Å². The number of aliphatic imine (C=N–C) groups is 1. The largest absolute Gasteiger partial charge is 0.416 e. The number of rotatable bonds is 6. The molecule has 2 rings (SSSR count). The maximum absolute atomic E-state index is 12.7. The molecule has 1 saturated carbocycles. The van der Waals surface area contributed by atoms with Gasteiger partial charge in [0.05, 0.1) is 5.56 Å². The molecule has 8 heteroatoms. The Labute approximate surface area is 157 Å². The van der Waals surface area contributed by atoms with E-state index < -0.39 is 11.7 Å². The Morgan fingerprint density at radius 2 is 1.81 bits per heavy atom. The molecule has 1 amide bonds. The Balaban J connectivity index is 1.71. The van der Waals surface area contributed by atoms with E-state index in [4.69, 9.17) is 0 Å². The van der Waals surface area contributed by atoms with Gasteiger partial charge in [-0.1, -0.05) is 31.4 Å². The van der Waals surface area contributed by atoms with Crippen molar-refractivity contribution in [2.45, 2.75) is 44.8 Å². The van der Waals surface area contributed by atoms with Gasteiger partial charge in [-0.15, -0.1) is 0 Å². The number of alkyl halides is 3. The smallest absolute Gasteiger partial charge is 0.355 e. The summed E-state index contributed by atoms with van der Waals surface area (Å²) in [5.74, 6) is 0.694. The molecule has 0 atom stereocenters. The minimum Gasteiger partial charge on any atom is -0.355 e. The molecule has 1 aromatic carbocycles. The molecule has 0 spiro atoms. The van der Waals surface area contributed by atoms with Crippen LogP contribution in [0.5, 0.6) is 0 Å². The Hall–Kier alpha value is -2.25. The Bertz CT molecular complexity index is 640. The highest BCUT2D eigenvalue weighted by molar-refractivity contribution is 5.80. The second-order valence-electron chi connectivity index (χ2n) is 6.68. The third-order valence-electron chi connectivity index (χ3n) is 4.63. The van der Waals surface area contributed by atoms with E-state index in [1.54, 1.807) is 13.1 Å². The normalized spacial score (nSPS) is 16.1. The van der Waals surface area contributed by atoms with Gasteiger partial charge >= 0.3 is 6.18 Å². The number of carbonyl (C=O) groups excluding carboxylic acids is 1. The molecule has 5 nitrogen and oxygen atoms in total. The van der Waals surface area contributed by atoms with E-state index in [0.717, 1.165) is 37.8 Å². The molecule has 1 aromatic rings. The van der Waals surface area contributed by atoms with Crippen LogP contribution in [0.25, 0.3) is 0 Å². The Morgan fingerprint density at radius 1 is 1.11 bits per heavy atom. The third kappa shape index (κ3) is 7.11. The first kappa shape index (κ1) is 21.1. The zero-order valence-corrected chi connectivity index (χ0v) is 15.5. The summed E-state index contributed by atoms with van der Waals surface area (Å²) in [4.78, 5) is 16.1. The second kappa shape index (κ2) is 10.2. The van der Waals surface area contributed by atoms with Crippen LogP contribution in [0.15, 0.2) is 29.3 Å². The van der Waals surface area contributed by atoms with Crippen molar-refractivity contribution in [2.75, 3.05) is 20.1 Å². The molecule has 0 unspecified atom stereocenters. The zero-order chi connectivity index (χ0) is 19.7. The first-order valence-corrected chi connectivity index (χ1v) is 9.28. The molecule has 0 radical (unpaired) electrons. The second-order valence-corrected chi connectivity index (χ2v) is 6.68. The lowest BCUT2D eigenvalue weighted by Crippen LogP contribution is -2.42. The summed E-state index contributed by atoms with van der Waals surface area (Å²) < 4.78 is 38.2. The SMILES string of the molecule is CN=C(NCCNC(=O)C1CCCCC1)NCc1cccc(C(F)(F)F)c1. The topological polar surface area (TPSA) is 65.5 Å². The van der Waals surface area contributed by atoms with Gasteiger partial charge in [-0.25, -0.2) is 0 Å². The van der Waals surface area contributed by atoms with E-state index in [9.17, 15) is 18.0 Å². The van der Waals surface area contributed by atoms with Crippen molar-refractivity contribution >= 4 is 11.9 Å². The lowest BCUT2D eigenvalue weighted by Gasteiger charge is -2.21. The van der Waals surface area contributed by atoms with Gasteiger partial charge in [0.2, 0.25) is 5.91 Å². The number of amides is 1. The molecule has 0 aliphatic heterocycles. The van der Waals surface area contributed by atoms with Crippen LogP contribution in [-0.2, 0) is 17.5 Å². The molecule has 1 fully saturated rings. The first-order chi connectivity index (χ1) is 12.9. The Morgan fingerprint density at radius 3 is 2.48 bits per heavy atom. The minimum atomic E-state index is -4.35. The van der Waals surface area contributed by atoms with Crippen molar-refractivity contribution in [2.24, 2.45) is 10.9 Å². The van der Waals surface area contributed by atoms with E-state index in [2.05, 4.69) is 20.9 Å². The quantitative estimate of drug-likeness (QED) is 0.401. The summed E-state index contributed by atoms with van der Waals surface area (Å²) in [6, 6.07) is 5.17. The third-order valence-corrected chi connectivity index (χ3v) is 4.63. The van der Waals surface area contributed by atoms with Gasteiger partial charge in [-0.05, 0) is 30.5 Å². The van der Waals surface area contributed by atoms with Crippen molar-refractivity contribution in [1.29, 1.82) is 0 Å². The number of nitrogens with one attached hydrogen (secondary N) is 3. The lowest BCUT2D eigenvalue weighted by molar-refractivity contribution is -0.137. The van der Waals surface area contributed by atoms with Crippen LogP contribution in [-0.4, -0.2) is 32.0 Å². The number of hydrogen-bond donors (Lipinski definition) is 3. The highest BCUT2D eigenvalue weighted by Gasteiger charge is 2.30. The summed E-state index contributed by atoms with van der Waals surface area (Å²) in [6.07, 6.45) is 0.996. The Kier molecular flexibility index (Phi) is 7.94. The average molecular weight is 384 g/mol. The molecular weight excluding hydrogens is 357 g/mol. The average Bonchev–Trinajstić information content (AvgIpc) is 2.67. The lowest BCUT2D eigenvalue weighted by atomic mass is 9.89. The van der Waals surface area contributed by atoms with Crippen molar-refractivity contribution < 1.29 is 18.0 Å². The van der Waals surface area contributed by atoms with Crippen molar-refractivity contribution in [3.8, 4) is 0 Å². The molecule has 1 aliphatic rings. The molecule has 150 valence electrons. The fraction of sp³-hybridized carbons (Fsp3) is 0.579. The number of carbonyl (C=O) groups is 1. The summed E-state index contributed by atoms with van der Waals surface area (Å²) in [5, 5.41) is 8.94. The standard InChI is InChI=1S/C19H27F3N4O/c1-23-18(25-11-10-24-17(27)15-7-3-2-4-8-15)26-13-14-6-5-9-16(12-14)19(20,21)22/h5-6,9,12,15H,2-4,7-8,10-11,13H2,1H3,(H,24,27)(H2,23,25,26). The van der Waals surface area contributed by atoms with Crippen LogP contribution in [0.4, 0.5) is 13.2 Å². The van der Waals surface area contributed by atoms with E-state index in [-0.39, 0.29) is 18.4 Å². The van der Waals surface area contributed by atoms with Crippen LogP contribution in [0.2, 0.25) is 0 Å². The molecule has 0 bridgehead atoms. The van der Waals surface area contributed by atoms with E-state index >= 15 is 0 Å². The molecule has 0 heterocycles. The summed E-state index contributed by atoms with van der Waals surface area (Å²) >= 11 is 0. The van der Waals surface area contributed by atoms with Gasteiger partial charge in [0.1, 0.15) is 0 Å². The van der Waals surface area contributed by atoms with Gasteiger partial charge in [-0.3, -0.25) is 9.79 Å². The fourth-order valence-electron chi connectivity index (χ4n) is 3.14. The monoisotopic (exact) mass is 384 g/mol. The fourth-order valence-corrected chi connectivity index (χ4v) is 3.14. The maximum atomic E-state index is 12.7. The minimum absolute atomic E-state index is 0.100. The molecule has 0 aromatic heterocycles. The maximum Gasteiger partial charge on any atom is 0.416 e. The molecule has 27 heavy (non-hydrogen) atoms. The number of halogens is 3. The van der Waals surface area contributed by atoms with E-state index in [1.165, 1.54) is 12.5 Å². The van der Waals surface area contributed by atoms with Crippen molar-refractivity contribution in [3.05, 3.63) is 35.4 Å². The molecular formula is C19H27F3N4O. The highest BCUT2D eigenvalue weighted by atomic mass is 19.4. The number of nitrogens with zero attached hydrogens (tertiary/aromatic N) is 1. The molecule has 3 N–H and O–H groups in total. The van der Waals surface area contributed by atoms with E-state index in [0.29, 0.717) is 24.6 Å². The molecule has 0 saturated heterocycles. The van der Waals surface area contributed by atoms with Crippen molar-refractivity contribution in [3.63, 3.8) is 0 Å². The van der Waals surface area contributed by atoms with Crippen LogP contribution in [0.1, 0.15) is 43.2 Å². The zero-order valence-electron chi connectivity index (χ0n) is 15.5.